The molecule has 0 unspecified atom stereocenters. The number of aliphatic hydroxyl groups is 1. The summed E-state index contributed by atoms with van der Waals surface area (Å²) in [6.45, 7) is 7.50. The Bertz CT molecular complexity index is 1150. The Morgan fingerprint density at radius 1 is 0.872 bits per heavy atom. The molecule has 0 radical (unpaired) electrons. The van der Waals surface area contributed by atoms with Crippen LogP contribution in [0, 0.1) is 0 Å². The summed E-state index contributed by atoms with van der Waals surface area (Å²) in [6, 6.07) is 28.0. The summed E-state index contributed by atoms with van der Waals surface area (Å²) in [5.41, 5.74) is 2.04. The van der Waals surface area contributed by atoms with Gasteiger partial charge >= 0.3 is 12.2 Å². The number of carbonyl (C=O) groups is 2. The molecule has 7 nitrogen and oxygen atoms in total. The lowest BCUT2D eigenvalue weighted by Gasteiger charge is -2.31. The largest absolute Gasteiger partial charge is 0.444 e. The fourth-order valence-corrected chi connectivity index (χ4v) is 4.22. The molecule has 3 rings (SSSR count). The first kappa shape index (κ1) is 29.7. The van der Waals surface area contributed by atoms with E-state index in [0.29, 0.717) is 12.8 Å². The van der Waals surface area contributed by atoms with Crippen LogP contribution in [0.15, 0.2) is 91.0 Å². The molecule has 0 aliphatic rings. The smallest absolute Gasteiger partial charge is 0.410 e. The molecule has 3 aromatic rings. The molecule has 7 heteroatoms. The Kier molecular flexibility index (Phi) is 10.9. The molecule has 0 aliphatic heterocycles. The van der Waals surface area contributed by atoms with Crippen LogP contribution in [0.4, 0.5) is 9.59 Å². The highest BCUT2D eigenvalue weighted by Crippen LogP contribution is 2.23. The van der Waals surface area contributed by atoms with Crippen molar-refractivity contribution in [1.82, 2.24) is 10.2 Å². The second-order valence-corrected chi connectivity index (χ2v) is 10.6. The Morgan fingerprint density at radius 3 is 1.95 bits per heavy atom. The normalized spacial score (nSPS) is 13.6. The molecule has 3 aromatic carbocycles. The second kappa shape index (κ2) is 14.4. The average molecular weight is 533 g/mol. The number of alkyl carbamates (subject to hydrolysis) is 1. The molecular weight excluding hydrogens is 492 g/mol. The van der Waals surface area contributed by atoms with Crippen molar-refractivity contribution >= 4 is 12.2 Å². The molecule has 0 aliphatic carbocycles. The van der Waals surface area contributed by atoms with E-state index in [1.165, 1.54) is 4.90 Å². The van der Waals surface area contributed by atoms with E-state index in [0.717, 1.165) is 16.7 Å². The molecule has 0 heterocycles. The predicted octanol–water partition coefficient (Wildman–Crippen LogP) is 6.27. The minimum atomic E-state index is -1.09. The summed E-state index contributed by atoms with van der Waals surface area (Å²) < 4.78 is 11.4. The Labute approximate surface area is 231 Å². The van der Waals surface area contributed by atoms with Gasteiger partial charge in [0.25, 0.3) is 0 Å². The third-order valence-corrected chi connectivity index (χ3v) is 6.13. The maximum atomic E-state index is 13.5. The zero-order chi connectivity index (χ0) is 28.3. The van der Waals surface area contributed by atoms with Crippen molar-refractivity contribution in [1.29, 1.82) is 0 Å². The highest BCUT2D eigenvalue weighted by molar-refractivity contribution is 5.69. The number of amides is 2. The summed E-state index contributed by atoms with van der Waals surface area (Å²) in [5, 5.41) is 14.2. The van der Waals surface area contributed by atoms with Gasteiger partial charge in [0, 0.05) is 6.54 Å². The van der Waals surface area contributed by atoms with Gasteiger partial charge in [-0.15, -0.1) is 0 Å². The monoisotopic (exact) mass is 532 g/mol. The zero-order valence-electron chi connectivity index (χ0n) is 23.2. The van der Waals surface area contributed by atoms with E-state index in [1.54, 1.807) is 20.8 Å². The third kappa shape index (κ3) is 10.1. The molecule has 0 saturated heterocycles. The van der Waals surface area contributed by atoms with Gasteiger partial charge in [-0.05, 0) is 50.3 Å². The van der Waals surface area contributed by atoms with Crippen LogP contribution in [0.1, 0.15) is 56.9 Å². The van der Waals surface area contributed by atoms with E-state index >= 15 is 0 Å². The first-order valence-corrected chi connectivity index (χ1v) is 13.4. The van der Waals surface area contributed by atoms with Crippen molar-refractivity contribution in [3.8, 4) is 0 Å². The van der Waals surface area contributed by atoms with Crippen LogP contribution in [-0.4, -0.2) is 46.5 Å². The van der Waals surface area contributed by atoms with Gasteiger partial charge in [0.05, 0.1) is 18.7 Å². The highest BCUT2D eigenvalue weighted by atomic mass is 16.6. The van der Waals surface area contributed by atoms with Crippen molar-refractivity contribution < 1.29 is 24.2 Å². The molecule has 2 N–H and O–H groups in total. The SMILES string of the molecule is CC[C@H](OC(=O)N(Cc1ccccc1)C[C@@H](O)[C@H](Cc1ccccc1)NC(=O)OC(C)(C)C)c1ccccc1. The van der Waals surface area contributed by atoms with Crippen LogP contribution in [0.2, 0.25) is 0 Å². The molecule has 0 fully saturated rings. The van der Waals surface area contributed by atoms with Gasteiger partial charge in [-0.1, -0.05) is 97.9 Å². The number of carbonyl (C=O) groups excluding carboxylic acids is 2. The summed E-state index contributed by atoms with van der Waals surface area (Å²) in [4.78, 5) is 27.6. The van der Waals surface area contributed by atoms with E-state index in [1.807, 2.05) is 97.9 Å². The number of hydrogen-bond acceptors (Lipinski definition) is 5. The van der Waals surface area contributed by atoms with Gasteiger partial charge in [0.15, 0.2) is 0 Å². The van der Waals surface area contributed by atoms with Gasteiger partial charge in [0.1, 0.15) is 11.7 Å². The molecule has 208 valence electrons. The van der Waals surface area contributed by atoms with Crippen LogP contribution < -0.4 is 5.32 Å². The quantitative estimate of drug-likeness (QED) is 0.304. The second-order valence-electron chi connectivity index (χ2n) is 10.6. The lowest BCUT2D eigenvalue weighted by Crippen LogP contribution is -2.51. The third-order valence-electron chi connectivity index (χ3n) is 6.13. The number of benzene rings is 3. The van der Waals surface area contributed by atoms with E-state index in [4.69, 9.17) is 9.47 Å². The number of hydrogen-bond donors (Lipinski definition) is 2. The zero-order valence-corrected chi connectivity index (χ0v) is 23.2. The minimum Gasteiger partial charge on any atom is -0.444 e. The van der Waals surface area contributed by atoms with Crippen molar-refractivity contribution in [3.05, 3.63) is 108 Å². The average Bonchev–Trinajstić information content (AvgIpc) is 2.91. The molecule has 39 heavy (non-hydrogen) atoms. The summed E-state index contributed by atoms with van der Waals surface area (Å²) >= 11 is 0. The number of ether oxygens (including phenoxy) is 2. The van der Waals surface area contributed by atoms with E-state index in [-0.39, 0.29) is 13.1 Å². The fourth-order valence-electron chi connectivity index (χ4n) is 4.22. The van der Waals surface area contributed by atoms with Crippen LogP contribution >= 0.6 is 0 Å². The van der Waals surface area contributed by atoms with E-state index in [9.17, 15) is 14.7 Å². The maximum Gasteiger partial charge on any atom is 0.410 e. The van der Waals surface area contributed by atoms with Gasteiger partial charge in [-0.25, -0.2) is 9.59 Å². The molecule has 0 bridgehead atoms. The Balaban J connectivity index is 1.82. The molecular formula is C32H40N2O5. The predicted molar refractivity (Wildman–Crippen MR) is 152 cm³/mol. The minimum absolute atomic E-state index is 0.0494. The van der Waals surface area contributed by atoms with Crippen LogP contribution in [-0.2, 0) is 22.4 Å². The van der Waals surface area contributed by atoms with E-state index in [2.05, 4.69) is 5.32 Å². The Morgan fingerprint density at radius 2 is 1.41 bits per heavy atom. The van der Waals surface area contributed by atoms with Crippen molar-refractivity contribution in [3.63, 3.8) is 0 Å². The van der Waals surface area contributed by atoms with Crippen molar-refractivity contribution in [2.75, 3.05) is 6.54 Å². The number of rotatable bonds is 11. The summed E-state index contributed by atoms with van der Waals surface area (Å²) in [5.74, 6) is 0. The molecule has 0 saturated carbocycles. The van der Waals surface area contributed by atoms with E-state index < -0.39 is 36.0 Å². The van der Waals surface area contributed by atoms with Gasteiger partial charge in [-0.2, -0.15) is 0 Å². The van der Waals surface area contributed by atoms with Crippen LogP contribution in [0.3, 0.4) is 0 Å². The van der Waals surface area contributed by atoms with Crippen LogP contribution in [0.25, 0.3) is 0 Å². The molecule has 0 spiro atoms. The van der Waals surface area contributed by atoms with Gasteiger partial charge in [-0.3, -0.25) is 0 Å². The highest BCUT2D eigenvalue weighted by Gasteiger charge is 2.29. The maximum absolute atomic E-state index is 13.5. The first-order valence-electron chi connectivity index (χ1n) is 13.4. The van der Waals surface area contributed by atoms with Crippen molar-refractivity contribution in [2.24, 2.45) is 0 Å². The fraction of sp³-hybridized carbons (Fsp3) is 0.375. The standard InChI is InChI=1S/C32H40N2O5/c1-5-29(26-19-13-8-14-20-26)38-31(37)34(22-25-17-11-7-12-18-25)23-28(35)27(21-24-15-9-6-10-16-24)33-30(36)39-32(2,3)4/h6-20,27-29,35H,5,21-23H2,1-4H3,(H,33,36)/t27-,28+,29-/m0/s1. The van der Waals surface area contributed by atoms with Crippen LogP contribution in [0.5, 0.6) is 0 Å². The number of aliphatic hydroxyl groups excluding tert-OH is 1. The molecule has 2 amide bonds. The lowest BCUT2D eigenvalue weighted by atomic mass is 10.0. The molecule has 3 atom stereocenters. The van der Waals surface area contributed by atoms with Crippen molar-refractivity contribution in [2.45, 2.75) is 70.9 Å². The summed E-state index contributed by atoms with van der Waals surface area (Å²) in [7, 11) is 0. The number of nitrogens with zero attached hydrogens (tertiary/aromatic N) is 1. The number of nitrogens with one attached hydrogen (secondary N) is 1. The summed E-state index contributed by atoms with van der Waals surface area (Å²) in [6.07, 6.45) is -1.72. The van der Waals surface area contributed by atoms with Gasteiger partial charge < -0.3 is 24.8 Å². The Hall–Kier alpha value is -3.84. The lowest BCUT2D eigenvalue weighted by molar-refractivity contribution is 0.0250. The molecule has 0 aromatic heterocycles. The first-order chi connectivity index (χ1) is 18.6. The topological polar surface area (TPSA) is 88.1 Å². The van der Waals surface area contributed by atoms with Gasteiger partial charge in [0.2, 0.25) is 0 Å².